The van der Waals surface area contributed by atoms with Gasteiger partial charge < -0.3 is 5.32 Å². The summed E-state index contributed by atoms with van der Waals surface area (Å²) < 4.78 is 0. The number of aryl methyl sites for hydroxylation is 1. The zero-order chi connectivity index (χ0) is 11.3. The Balaban J connectivity index is 2.97. The van der Waals surface area contributed by atoms with Crippen molar-refractivity contribution in [2.75, 3.05) is 7.05 Å². The van der Waals surface area contributed by atoms with E-state index < -0.39 is 0 Å². The molecule has 0 saturated carbocycles. The number of nitrogens with zero attached hydrogens (tertiary/aromatic N) is 2. The molecule has 1 aromatic rings. The maximum atomic E-state index is 4.53. The Labute approximate surface area is 92.3 Å². The van der Waals surface area contributed by atoms with Crippen molar-refractivity contribution in [3.8, 4) is 0 Å². The Morgan fingerprint density at radius 1 is 1.33 bits per heavy atom. The van der Waals surface area contributed by atoms with E-state index >= 15 is 0 Å². The predicted octanol–water partition coefficient (Wildman–Crippen LogP) is 2.27. The molecular weight excluding hydrogens is 186 g/mol. The van der Waals surface area contributed by atoms with Gasteiger partial charge in [0, 0.05) is 11.4 Å². The van der Waals surface area contributed by atoms with Gasteiger partial charge in [0.15, 0.2) is 0 Å². The average molecular weight is 207 g/mol. The first kappa shape index (κ1) is 12.1. The molecule has 0 radical (unpaired) electrons. The van der Waals surface area contributed by atoms with E-state index in [0.29, 0.717) is 5.92 Å². The lowest BCUT2D eigenvalue weighted by atomic mass is 10.1. The van der Waals surface area contributed by atoms with Crippen molar-refractivity contribution >= 4 is 0 Å². The molecule has 1 rings (SSSR count). The van der Waals surface area contributed by atoms with E-state index in [0.717, 1.165) is 30.9 Å². The van der Waals surface area contributed by atoms with Crippen LogP contribution in [0.1, 0.15) is 50.3 Å². The monoisotopic (exact) mass is 207 g/mol. The minimum absolute atomic E-state index is 0.471. The Kier molecular flexibility index (Phi) is 4.69. The molecule has 1 N–H and O–H groups in total. The summed E-state index contributed by atoms with van der Waals surface area (Å²) in [5, 5.41) is 3.09. The fraction of sp³-hybridized carbons (Fsp3) is 0.667. The van der Waals surface area contributed by atoms with E-state index in [1.165, 1.54) is 5.69 Å². The molecular formula is C12H21N3. The SMILES string of the molecule is CCCc1cc(C(C)C)nc(CNC)n1. The summed E-state index contributed by atoms with van der Waals surface area (Å²) in [6, 6.07) is 2.13. The van der Waals surface area contributed by atoms with Crippen molar-refractivity contribution in [1.29, 1.82) is 0 Å². The van der Waals surface area contributed by atoms with Crippen LogP contribution in [0.2, 0.25) is 0 Å². The minimum Gasteiger partial charge on any atom is -0.313 e. The maximum absolute atomic E-state index is 4.53. The van der Waals surface area contributed by atoms with E-state index in [1.807, 2.05) is 7.05 Å². The molecule has 0 fully saturated rings. The Hall–Kier alpha value is -0.960. The highest BCUT2D eigenvalue weighted by atomic mass is 15.0. The molecule has 84 valence electrons. The van der Waals surface area contributed by atoms with Crippen molar-refractivity contribution < 1.29 is 0 Å². The normalized spacial score (nSPS) is 11.0. The van der Waals surface area contributed by atoms with Crippen molar-refractivity contribution in [1.82, 2.24) is 15.3 Å². The van der Waals surface area contributed by atoms with E-state index in [1.54, 1.807) is 0 Å². The van der Waals surface area contributed by atoms with E-state index in [9.17, 15) is 0 Å². The summed E-state index contributed by atoms with van der Waals surface area (Å²) in [7, 11) is 1.92. The predicted molar refractivity (Wildman–Crippen MR) is 62.9 cm³/mol. The summed E-state index contributed by atoms with van der Waals surface area (Å²) in [6.07, 6.45) is 2.17. The second kappa shape index (κ2) is 5.81. The lowest BCUT2D eigenvalue weighted by Crippen LogP contribution is -2.12. The zero-order valence-electron chi connectivity index (χ0n) is 10.2. The summed E-state index contributed by atoms with van der Waals surface area (Å²) in [5.41, 5.74) is 2.32. The van der Waals surface area contributed by atoms with Crippen molar-refractivity contribution in [3.05, 3.63) is 23.3 Å². The molecule has 1 heterocycles. The molecule has 1 aromatic heterocycles. The average Bonchev–Trinajstić information content (AvgIpc) is 2.18. The smallest absolute Gasteiger partial charge is 0.142 e. The highest BCUT2D eigenvalue weighted by molar-refractivity contribution is 5.14. The van der Waals surface area contributed by atoms with Crippen LogP contribution in [-0.4, -0.2) is 17.0 Å². The quantitative estimate of drug-likeness (QED) is 0.805. The van der Waals surface area contributed by atoms with Gasteiger partial charge in [0.2, 0.25) is 0 Å². The van der Waals surface area contributed by atoms with Crippen molar-refractivity contribution in [3.63, 3.8) is 0 Å². The molecule has 3 nitrogen and oxygen atoms in total. The fourth-order valence-electron chi connectivity index (χ4n) is 1.49. The lowest BCUT2D eigenvalue weighted by Gasteiger charge is -2.09. The van der Waals surface area contributed by atoms with Crippen molar-refractivity contribution in [2.45, 2.75) is 46.1 Å². The first-order chi connectivity index (χ1) is 7.17. The van der Waals surface area contributed by atoms with Crippen LogP contribution in [-0.2, 0) is 13.0 Å². The van der Waals surface area contributed by atoms with E-state index in [-0.39, 0.29) is 0 Å². The Morgan fingerprint density at radius 2 is 2.07 bits per heavy atom. The van der Waals surface area contributed by atoms with Gasteiger partial charge >= 0.3 is 0 Å². The van der Waals surface area contributed by atoms with Crippen LogP contribution in [0.5, 0.6) is 0 Å². The Morgan fingerprint density at radius 3 is 2.60 bits per heavy atom. The second-order valence-electron chi connectivity index (χ2n) is 4.14. The number of hydrogen-bond acceptors (Lipinski definition) is 3. The van der Waals surface area contributed by atoms with Crippen LogP contribution in [0.25, 0.3) is 0 Å². The highest BCUT2D eigenvalue weighted by Gasteiger charge is 2.06. The van der Waals surface area contributed by atoms with Gasteiger partial charge in [-0.05, 0) is 25.5 Å². The van der Waals surface area contributed by atoms with Gasteiger partial charge in [0.25, 0.3) is 0 Å². The molecule has 15 heavy (non-hydrogen) atoms. The number of aromatic nitrogens is 2. The lowest BCUT2D eigenvalue weighted by molar-refractivity contribution is 0.707. The first-order valence-electron chi connectivity index (χ1n) is 5.68. The number of hydrogen-bond donors (Lipinski definition) is 1. The van der Waals surface area contributed by atoms with Gasteiger partial charge in [-0.25, -0.2) is 9.97 Å². The van der Waals surface area contributed by atoms with Crippen LogP contribution in [0, 0.1) is 0 Å². The molecule has 0 aliphatic rings. The van der Waals surface area contributed by atoms with Crippen LogP contribution < -0.4 is 5.32 Å². The van der Waals surface area contributed by atoms with E-state index in [2.05, 4.69) is 42.1 Å². The standard InChI is InChI=1S/C12H21N3/c1-5-6-10-7-11(9(2)3)15-12(14-10)8-13-4/h7,9,13H,5-6,8H2,1-4H3. The minimum atomic E-state index is 0.471. The van der Waals surface area contributed by atoms with Crippen LogP contribution in [0.15, 0.2) is 6.07 Å². The maximum Gasteiger partial charge on any atom is 0.142 e. The second-order valence-corrected chi connectivity index (χ2v) is 4.14. The molecule has 0 aromatic carbocycles. The third-order valence-electron chi connectivity index (χ3n) is 2.28. The van der Waals surface area contributed by atoms with Crippen LogP contribution in [0.3, 0.4) is 0 Å². The van der Waals surface area contributed by atoms with Gasteiger partial charge in [-0.3, -0.25) is 0 Å². The molecule has 0 aliphatic heterocycles. The topological polar surface area (TPSA) is 37.8 Å². The molecule has 0 atom stereocenters. The summed E-state index contributed by atoms with van der Waals surface area (Å²) in [6.45, 7) is 7.26. The molecule has 0 spiro atoms. The van der Waals surface area contributed by atoms with Crippen LogP contribution >= 0.6 is 0 Å². The van der Waals surface area contributed by atoms with Gasteiger partial charge in [-0.15, -0.1) is 0 Å². The molecule has 0 unspecified atom stereocenters. The molecule has 0 amide bonds. The Bertz CT molecular complexity index is 283. The van der Waals surface area contributed by atoms with Gasteiger partial charge in [0.05, 0.1) is 6.54 Å². The van der Waals surface area contributed by atoms with E-state index in [4.69, 9.17) is 0 Å². The fourth-order valence-corrected chi connectivity index (χ4v) is 1.49. The first-order valence-corrected chi connectivity index (χ1v) is 5.68. The summed E-state index contributed by atoms with van der Waals surface area (Å²) in [5.74, 6) is 1.38. The zero-order valence-corrected chi connectivity index (χ0v) is 10.2. The van der Waals surface area contributed by atoms with Crippen LogP contribution in [0.4, 0.5) is 0 Å². The number of nitrogens with one attached hydrogen (secondary N) is 1. The number of rotatable bonds is 5. The van der Waals surface area contributed by atoms with Gasteiger partial charge in [0.1, 0.15) is 5.82 Å². The largest absolute Gasteiger partial charge is 0.313 e. The highest BCUT2D eigenvalue weighted by Crippen LogP contribution is 2.13. The van der Waals surface area contributed by atoms with Gasteiger partial charge in [-0.1, -0.05) is 27.2 Å². The third-order valence-corrected chi connectivity index (χ3v) is 2.28. The molecule has 0 bridgehead atoms. The van der Waals surface area contributed by atoms with Crippen molar-refractivity contribution in [2.24, 2.45) is 0 Å². The summed E-state index contributed by atoms with van der Waals surface area (Å²) >= 11 is 0. The third kappa shape index (κ3) is 3.59. The molecule has 0 saturated heterocycles. The molecule has 3 heteroatoms. The molecule has 0 aliphatic carbocycles. The summed E-state index contributed by atoms with van der Waals surface area (Å²) in [4.78, 5) is 9.05. The van der Waals surface area contributed by atoms with Gasteiger partial charge in [-0.2, -0.15) is 0 Å².